The van der Waals surface area contributed by atoms with Gasteiger partial charge in [0.15, 0.2) is 5.78 Å². The molecule has 1 aromatic rings. The molecule has 0 atom stereocenters. The molecule has 0 unspecified atom stereocenters. The van der Waals surface area contributed by atoms with Crippen molar-refractivity contribution < 1.29 is 13.2 Å². The maximum absolute atomic E-state index is 12.0. The van der Waals surface area contributed by atoms with E-state index in [1.165, 1.54) is 19.1 Å². The molecule has 0 spiro atoms. The molecule has 17 heavy (non-hydrogen) atoms. The highest BCUT2D eigenvalue weighted by Crippen LogP contribution is 2.35. The van der Waals surface area contributed by atoms with Crippen LogP contribution in [0.25, 0.3) is 0 Å². The van der Waals surface area contributed by atoms with Crippen molar-refractivity contribution in [1.29, 1.82) is 0 Å². The summed E-state index contributed by atoms with van der Waals surface area (Å²) in [6, 6.07) is 6.11. The summed E-state index contributed by atoms with van der Waals surface area (Å²) in [5, 5.41) is 0. The third-order valence-corrected chi connectivity index (χ3v) is 4.57. The highest BCUT2D eigenvalue weighted by atomic mass is 32.2. The van der Waals surface area contributed by atoms with Crippen LogP contribution in [0.2, 0.25) is 0 Å². The first-order chi connectivity index (χ1) is 7.82. The fourth-order valence-electron chi connectivity index (χ4n) is 1.56. The smallest absolute Gasteiger partial charge is 0.241 e. The number of hydrogen-bond acceptors (Lipinski definition) is 3. The van der Waals surface area contributed by atoms with Gasteiger partial charge in [0.2, 0.25) is 10.0 Å². The van der Waals surface area contributed by atoms with Gasteiger partial charge in [0.05, 0.1) is 4.90 Å². The number of hydrogen-bond donors (Lipinski definition) is 1. The standard InChI is InChI=1S/C12H15NO3S/c1-9(14)10-4-3-5-11(8-10)17(15,16)13-12(2)6-7-12/h3-5,8,13H,6-7H2,1-2H3. The molecule has 0 radical (unpaired) electrons. The molecule has 0 heterocycles. The third kappa shape index (κ3) is 2.73. The average molecular weight is 253 g/mol. The molecular formula is C12H15NO3S. The first kappa shape index (κ1) is 12.3. The van der Waals surface area contributed by atoms with Crippen LogP contribution in [0, 0.1) is 0 Å². The number of Topliss-reactive ketones (excluding diaryl/α,β-unsaturated/α-hetero) is 1. The van der Waals surface area contributed by atoms with Gasteiger partial charge in [-0.1, -0.05) is 12.1 Å². The highest BCUT2D eigenvalue weighted by Gasteiger charge is 2.41. The Kier molecular flexibility index (Phi) is 2.83. The molecular weight excluding hydrogens is 238 g/mol. The van der Waals surface area contributed by atoms with Crippen molar-refractivity contribution in [2.75, 3.05) is 0 Å². The second kappa shape index (κ2) is 3.92. The van der Waals surface area contributed by atoms with Gasteiger partial charge in [-0.25, -0.2) is 13.1 Å². The molecule has 0 aromatic heterocycles. The third-order valence-electron chi connectivity index (χ3n) is 2.93. The summed E-state index contributed by atoms with van der Waals surface area (Å²) < 4.78 is 26.7. The normalized spacial score (nSPS) is 17.8. The van der Waals surface area contributed by atoms with Gasteiger partial charge in [0.25, 0.3) is 0 Å². The van der Waals surface area contributed by atoms with E-state index in [1.54, 1.807) is 12.1 Å². The van der Waals surface area contributed by atoms with E-state index in [4.69, 9.17) is 0 Å². The van der Waals surface area contributed by atoms with Gasteiger partial charge >= 0.3 is 0 Å². The van der Waals surface area contributed by atoms with E-state index in [-0.39, 0.29) is 16.2 Å². The lowest BCUT2D eigenvalue weighted by Crippen LogP contribution is -2.34. The Balaban J connectivity index is 2.32. The summed E-state index contributed by atoms with van der Waals surface area (Å²) in [4.78, 5) is 11.4. The fraction of sp³-hybridized carbons (Fsp3) is 0.417. The predicted octanol–water partition coefficient (Wildman–Crippen LogP) is 1.72. The van der Waals surface area contributed by atoms with Gasteiger partial charge in [0, 0.05) is 11.1 Å². The van der Waals surface area contributed by atoms with Crippen LogP contribution >= 0.6 is 0 Å². The summed E-state index contributed by atoms with van der Waals surface area (Å²) in [6.07, 6.45) is 1.72. The minimum Gasteiger partial charge on any atom is -0.295 e. The van der Waals surface area contributed by atoms with Crippen LogP contribution in [0.5, 0.6) is 0 Å². The molecule has 1 aliphatic carbocycles. The molecule has 0 bridgehead atoms. The van der Waals surface area contributed by atoms with Gasteiger partial charge < -0.3 is 0 Å². The van der Waals surface area contributed by atoms with Gasteiger partial charge in [-0.05, 0) is 38.8 Å². The zero-order valence-electron chi connectivity index (χ0n) is 9.86. The topological polar surface area (TPSA) is 63.2 Å². The molecule has 1 saturated carbocycles. The number of rotatable bonds is 4. The molecule has 0 amide bonds. The Morgan fingerprint density at radius 1 is 1.35 bits per heavy atom. The van der Waals surface area contributed by atoms with E-state index in [0.29, 0.717) is 5.56 Å². The maximum Gasteiger partial charge on any atom is 0.241 e. The van der Waals surface area contributed by atoms with Crippen molar-refractivity contribution in [3.8, 4) is 0 Å². The number of carbonyl (C=O) groups is 1. The average Bonchev–Trinajstić information content (AvgIpc) is 2.95. The van der Waals surface area contributed by atoms with Crippen LogP contribution in [-0.4, -0.2) is 19.7 Å². The van der Waals surface area contributed by atoms with E-state index in [1.807, 2.05) is 6.92 Å². The Hall–Kier alpha value is -1.20. The molecule has 2 rings (SSSR count). The second-order valence-electron chi connectivity index (χ2n) is 4.75. The minimum absolute atomic E-state index is 0.139. The van der Waals surface area contributed by atoms with E-state index in [2.05, 4.69) is 4.72 Å². The fourth-order valence-corrected chi connectivity index (χ4v) is 3.07. The van der Waals surface area contributed by atoms with E-state index in [0.717, 1.165) is 12.8 Å². The van der Waals surface area contributed by atoms with Crippen molar-refractivity contribution >= 4 is 15.8 Å². The van der Waals surface area contributed by atoms with Crippen LogP contribution in [0.15, 0.2) is 29.2 Å². The van der Waals surface area contributed by atoms with Crippen molar-refractivity contribution in [1.82, 2.24) is 4.72 Å². The van der Waals surface area contributed by atoms with Crippen LogP contribution in [-0.2, 0) is 10.0 Å². The zero-order chi connectivity index (χ0) is 12.7. The molecule has 1 aliphatic rings. The quantitative estimate of drug-likeness (QED) is 0.831. The first-order valence-corrected chi connectivity index (χ1v) is 6.96. The molecule has 4 nitrogen and oxygen atoms in total. The van der Waals surface area contributed by atoms with Crippen LogP contribution in [0.4, 0.5) is 0 Å². The van der Waals surface area contributed by atoms with E-state index >= 15 is 0 Å². The summed E-state index contributed by atoms with van der Waals surface area (Å²) >= 11 is 0. The van der Waals surface area contributed by atoms with E-state index in [9.17, 15) is 13.2 Å². The number of benzene rings is 1. The van der Waals surface area contributed by atoms with Crippen molar-refractivity contribution in [3.05, 3.63) is 29.8 Å². The van der Waals surface area contributed by atoms with Crippen LogP contribution in [0.1, 0.15) is 37.0 Å². The minimum atomic E-state index is -3.51. The SMILES string of the molecule is CC(=O)c1cccc(S(=O)(=O)NC2(C)CC2)c1. The monoisotopic (exact) mass is 253 g/mol. The summed E-state index contributed by atoms with van der Waals surface area (Å²) in [6.45, 7) is 3.29. The Bertz CT molecular complexity index is 559. The van der Waals surface area contributed by atoms with Crippen molar-refractivity contribution in [2.24, 2.45) is 0 Å². The Morgan fingerprint density at radius 2 is 2.00 bits per heavy atom. The molecule has 1 fully saturated rings. The molecule has 92 valence electrons. The summed E-state index contributed by atoms with van der Waals surface area (Å²) in [7, 11) is -3.51. The van der Waals surface area contributed by atoms with E-state index < -0.39 is 10.0 Å². The summed E-state index contributed by atoms with van der Waals surface area (Å²) in [5.41, 5.74) is 0.110. The molecule has 0 saturated heterocycles. The van der Waals surface area contributed by atoms with Crippen molar-refractivity contribution in [3.63, 3.8) is 0 Å². The van der Waals surface area contributed by atoms with Gasteiger partial charge in [0.1, 0.15) is 0 Å². The molecule has 5 heteroatoms. The number of ketones is 1. The lowest BCUT2D eigenvalue weighted by Gasteiger charge is -2.12. The second-order valence-corrected chi connectivity index (χ2v) is 6.43. The van der Waals surface area contributed by atoms with Crippen LogP contribution < -0.4 is 4.72 Å². The van der Waals surface area contributed by atoms with Gasteiger partial charge in [-0.2, -0.15) is 0 Å². The lowest BCUT2D eigenvalue weighted by molar-refractivity contribution is 0.101. The zero-order valence-corrected chi connectivity index (χ0v) is 10.7. The highest BCUT2D eigenvalue weighted by molar-refractivity contribution is 7.89. The number of sulfonamides is 1. The first-order valence-electron chi connectivity index (χ1n) is 5.47. The lowest BCUT2D eigenvalue weighted by atomic mass is 10.2. The molecule has 1 aromatic carbocycles. The number of nitrogens with one attached hydrogen (secondary N) is 1. The Morgan fingerprint density at radius 3 is 2.53 bits per heavy atom. The van der Waals surface area contributed by atoms with Gasteiger partial charge in [-0.15, -0.1) is 0 Å². The van der Waals surface area contributed by atoms with Crippen LogP contribution in [0.3, 0.4) is 0 Å². The molecule has 0 aliphatic heterocycles. The van der Waals surface area contributed by atoms with Crippen molar-refractivity contribution in [2.45, 2.75) is 37.1 Å². The molecule has 1 N–H and O–H groups in total. The summed E-state index contributed by atoms with van der Waals surface area (Å²) in [5.74, 6) is -0.139. The number of carbonyl (C=O) groups excluding carboxylic acids is 1. The maximum atomic E-state index is 12.0. The van der Waals surface area contributed by atoms with Gasteiger partial charge in [-0.3, -0.25) is 4.79 Å². The largest absolute Gasteiger partial charge is 0.295 e. The predicted molar refractivity (Wildman–Crippen MR) is 64.4 cm³/mol. The Labute approximate surface area is 101 Å².